The highest BCUT2D eigenvalue weighted by Crippen LogP contribution is 2.27. The first-order valence-corrected chi connectivity index (χ1v) is 4.58. The Morgan fingerprint density at radius 1 is 1.54 bits per heavy atom. The zero-order valence-corrected chi connectivity index (χ0v) is 8.00. The van der Waals surface area contributed by atoms with Gasteiger partial charge in [0.05, 0.1) is 6.26 Å². The van der Waals surface area contributed by atoms with E-state index in [0.717, 1.165) is 12.1 Å². The van der Waals surface area contributed by atoms with E-state index in [-0.39, 0.29) is 0 Å². The van der Waals surface area contributed by atoms with Crippen LogP contribution in [0.4, 0.5) is 0 Å². The van der Waals surface area contributed by atoms with Crippen LogP contribution in [-0.4, -0.2) is 4.98 Å². The molecule has 0 atom stereocenters. The summed E-state index contributed by atoms with van der Waals surface area (Å²) in [6.07, 6.45) is 4.74. The Morgan fingerprint density at radius 2 is 2.38 bits per heavy atom. The number of nitrogens with zero attached hydrogens (tertiary/aromatic N) is 1. The molecule has 68 valence electrons. The van der Waals surface area contributed by atoms with Crippen molar-refractivity contribution in [2.24, 2.45) is 0 Å². The Bertz CT molecular complexity index is 355. The molecular weight excluding hydrogens is 162 g/mol. The van der Waals surface area contributed by atoms with E-state index in [1.54, 1.807) is 0 Å². The van der Waals surface area contributed by atoms with E-state index in [1.165, 1.54) is 16.7 Å². The lowest BCUT2D eigenvalue weighted by Gasteiger charge is -2.18. The van der Waals surface area contributed by atoms with Crippen LogP contribution in [0.2, 0.25) is 0 Å². The summed E-state index contributed by atoms with van der Waals surface area (Å²) in [4.78, 5) is 4.25. The molecule has 2 heteroatoms. The van der Waals surface area contributed by atoms with Gasteiger partial charge in [-0.25, -0.2) is 0 Å². The van der Waals surface area contributed by atoms with Crippen molar-refractivity contribution in [1.82, 2.24) is 4.98 Å². The number of rotatable bonds is 1. The third-order valence-corrected chi connectivity index (χ3v) is 2.45. The fraction of sp³-hybridized carbons (Fsp3) is 0.364. The van der Waals surface area contributed by atoms with E-state index in [4.69, 9.17) is 4.74 Å². The lowest BCUT2D eigenvalue weighted by atomic mass is 9.98. The van der Waals surface area contributed by atoms with Gasteiger partial charge in [-0.1, -0.05) is 6.92 Å². The molecule has 0 bridgehead atoms. The van der Waals surface area contributed by atoms with Crippen LogP contribution >= 0.6 is 0 Å². The van der Waals surface area contributed by atoms with Crippen LogP contribution in [0.3, 0.4) is 0 Å². The standard InChI is InChI=1S/C11H13NO/c1-3-9-6-13-7-11-8(2)12-5-4-10(9)11/h4-6H,3,7H2,1-2H3. The maximum Gasteiger partial charge on any atom is 0.115 e. The highest BCUT2D eigenvalue weighted by Gasteiger charge is 2.13. The molecule has 1 aliphatic rings. The molecular formula is C11H13NO. The van der Waals surface area contributed by atoms with Crippen molar-refractivity contribution >= 4 is 5.57 Å². The first kappa shape index (κ1) is 8.30. The predicted molar refractivity (Wildman–Crippen MR) is 52.0 cm³/mol. The largest absolute Gasteiger partial charge is 0.496 e. The second-order valence-corrected chi connectivity index (χ2v) is 3.23. The zero-order chi connectivity index (χ0) is 9.26. The Balaban J connectivity index is 2.55. The second kappa shape index (κ2) is 3.21. The number of hydrogen-bond acceptors (Lipinski definition) is 2. The van der Waals surface area contributed by atoms with Crippen molar-refractivity contribution in [3.8, 4) is 0 Å². The number of hydrogen-bond donors (Lipinski definition) is 0. The van der Waals surface area contributed by atoms with Gasteiger partial charge < -0.3 is 4.74 Å². The van der Waals surface area contributed by atoms with Gasteiger partial charge >= 0.3 is 0 Å². The molecule has 0 aromatic carbocycles. The van der Waals surface area contributed by atoms with Gasteiger partial charge in [0.25, 0.3) is 0 Å². The van der Waals surface area contributed by atoms with Gasteiger partial charge in [-0.15, -0.1) is 0 Å². The number of ether oxygens (including phenoxy) is 1. The molecule has 2 rings (SSSR count). The smallest absolute Gasteiger partial charge is 0.115 e. The Morgan fingerprint density at radius 3 is 3.15 bits per heavy atom. The second-order valence-electron chi connectivity index (χ2n) is 3.23. The number of aryl methyl sites for hydroxylation is 1. The summed E-state index contributed by atoms with van der Waals surface area (Å²) in [7, 11) is 0. The van der Waals surface area contributed by atoms with Gasteiger partial charge in [0, 0.05) is 17.5 Å². The van der Waals surface area contributed by atoms with Crippen LogP contribution in [-0.2, 0) is 11.3 Å². The molecule has 0 saturated heterocycles. The monoisotopic (exact) mass is 175 g/mol. The van der Waals surface area contributed by atoms with Crippen LogP contribution in [0, 0.1) is 6.92 Å². The summed E-state index contributed by atoms with van der Waals surface area (Å²) in [5, 5.41) is 0. The molecule has 1 aromatic rings. The Kier molecular flexibility index (Phi) is 2.05. The summed E-state index contributed by atoms with van der Waals surface area (Å²) in [5.41, 5.74) is 4.89. The van der Waals surface area contributed by atoms with Crippen molar-refractivity contribution in [2.75, 3.05) is 0 Å². The predicted octanol–water partition coefficient (Wildman–Crippen LogP) is 2.67. The molecule has 2 heterocycles. The third kappa shape index (κ3) is 1.32. The first-order chi connectivity index (χ1) is 6.33. The number of aromatic nitrogens is 1. The molecule has 1 aromatic heterocycles. The van der Waals surface area contributed by atoms with Crippen LogP contribution in [0.15, 0.2) is 18.5 Å². The van der Waals surface area contributed by atoms with Crippen molar-refractivity contribution in [3.63, 3.8) is 0 Å². The Hall–Kier alpha value is -1.31. The van der Waals surface area contributed by atoms with Gasteiger partial charge in [0.2, 0.25) is 0 Å². The van der Waals surface area contributed by atoms with Crippen LogP contribution in [0.5, 0.6) is 0 Å². The Labute approximate surface area is 78.3 Å². The molecule has 13 heavy (non-hydrogen) atoms. The van der Waals surface area contributed by atoms with E-state index in [9.17, 15) is 0 Å². The molecule has 0 N–H and O–H groups in total. The van der Waals surface area contributed by atoms with E-state index in [1.807, 2.05) is 19.4 Å². The quantitative estimate of drug-likeness (QED) is 0.654. The molecule has 0 unspecified atom stereocenters. The third-order valence-electron chi connectivity index (χ3n) is 2.45. The number of pyridine rings is 1. The van der Waals surface area contributed by atoms with E-state index in [0.29, 0.717) is 6.61 Å². The molecule has 0 radical (unpaired) electrons. The summed E-state index contributed by atoms with van der Waals surface area (Å²) >= 11 is 0. The maximum absolute atomic E-state index is 5.38. The lowest BCUT2D eigenvalue weighted by Crippen LogP contribution is -2.04. The zero-order valence-electron chi connectivity index (χ0n) is 8.00. The first-order valence-electron chi connectivity index (χ1n) is 4.58. The van der Waals surface area contributed by atoms with Crippen LogP contribution in [0.1, 0.15) is 30.2 Å². The summed E-state index contributed by atoms with van der Waals surface area (Å²) in [6.45, 7) is 4.83. The van der Waals surface area contributed by atoms with Gasteiger partial charge in [-0.2, -0.15) is 0 Å². The average Bonchev–Trinajstić information content (AvgIpc) is 2.18. The minimum atomic E-state index is 0.665. The molecule has 0 aliphatic carbocycles. The molecule has 2 nitrogen and oxygen atoms in total. The highest BCUT2D eigenvalue weighted by molar-refractivity contribution is 5.68. The van der Waals surface area contributed by atoms with E-state index < -0.39 is 0 Å². The normalized spacial score (nSPS) is 14.5. The van der Waals surface area contributed by atoms with Crippen LogP contribution in [0.25, 0.3) is 5.57 Å². The SMILES string of the molecule is CCC1=COCc2c1ccnc2C. The summed E-state index contributed by atoms with van der Waals surface area (Å²) in [5.74, 6) is 0. The highest BCUT2D eigenvalue weighted by atomic mass is 16.5. The minimum Gasteiger partial charge on any atom is -0.496 e. The topological polar surface area (TPSA) is 22.1 Å². The van der Waals surface area contributed by atoms with Gasteiger partial charge in [-0.05, 0) is 30.5 Å². The van der Waals surface area contributed by atoms with Gasteiger partial charge in [0.1, 0.15) is 6.61 Å². The summed E-state index contributed by atoms with van der Waals surface area (Å²) < 4.78 is 5.38. The fourth-order valence-electron chi connectivity index (χ4n) is 1.64. The van der Waals surface area contributed by atoms with Crippen molar-refractivity contribution in [1.29, 1.82) is 0 Å². The maximum atomic E-state index is 5.38. The number of fused-ring (bicyclic) bond motifs is 1. The average molecular weight is 175 g/mol. The van der Waals surface area contributed by atoms with Crippen molar-refractivity contribution in [3.05, 3.63) is 35.3 Å². The molecule has 0 spiro atoms. The van der Waals surface area contributed by atoms with Gasteiger partial charge in [0.15, 0.2) is 0 Å². The lowest BCUT2D eigenvalue weighted by molar-refractivity contribution is 0.231. The van der Waals surface area contributed by atoms with E-state index in [2.05, 4.69) is 18.0 Å². The molecule has 0 saturated carbocycles. The minimum absolute atomic E-state index is 0.665. The fourth-order valence-corrected chi connectivity index (χ4v) is 1.64. The molecule has 0 fully saturated rings. The van der Waals surface area contributed by atoms with Gasteiger partial charge in [-0.3, -0.25) is 4.98 Å². The molecule has 0 amide bonds. The summed E-state index contributed by atoms with van der Waals surface area (Å²) in [6, 6.07) is 2.07. The van der Waals surface area contributed by atoms with Crippen LogP contribution < -0.4 is 0 Å². The number of allylic oxidation sites excluding steroid dienone is 1. The molecule has 1 aliphatic heterocycles. The van der Waals surface area contributed by atoms with Crippen molar-refractivity contribution < 1.29 is 4.74 Å². The van der Waals surface area contributed by atoms with E-state index >= 15 is 0 Å². The van der Waals surface area contributed by atoms with Crippen molar-refractivity contribution in [2.45, 2.75) is 26.9 Å².